The Morgan fingerprint density at radius 1 is 1.11 bits per heavy atom. The van der Waals surface area contributed by atoms with E-state index in [1.807, 2.05) is 30.3 Å². The molecule has 0 spiro atoms. The van der Waals surface area contributed by atoms with E-state index in [0.29, 0.717) is 13.0 Å². The van der Waals surface area contributed by atoms with Gasteiger partial charge in [-0.15, -0.1) is 0 Å². The summed E-state index contributed by atoms with van der Waals surface area (Å²) in [6.45, 7) is -0.962. The maximum atomic E-state index is 11.8. The Bertz CT molecular complexity index is 365. The van der Waals surface area contributed by atoms with Gasteiger partial charge in [0.05, 0.1) is 0 Å². The molecule has 0 bridgehead atoms. The van der Waals surface area contributed by atoms with Crippen LogP contribution in [0.4, 0.5) is 18.0 Å². The standard InChI is InChI=1S/C12H15F3N2O/c13-12(14,15)9-17-11(18)16-8-4-7-10-5-2-1-3-6-10/h1-3,5-6H,4,7-9H2,(H2,16,17,18). The molecule has 0 aliphatic rings. The van der Waals surface area contributed by atoms with Crippen LogP contribution in [0.25, 0.3) is 0 Å². The highest BCUT2D eigenvalue weighted by atomic mass is 19.4. The summed E-state index contributed by atoms with van der Waals surface area (Å²) in [7, 11) is 0. The summed E-state index contributed by atoms with van der Waals surface area (Å²) >= 11 is 0. The van der Waals surface area contributed by atoms with E-state index >= 15 is 0 Å². The summed E-state index contributed by atoms with van der Waals surface area (Å²) in [6, 6.07) is 8.87. The second kappa shape index (κ2) is 6.88. The van der Waals surface area contributed by atoms with E-state index in [9.17, 15) is 18.0 Å². The van der Waals surface area contributed by atoms with Gasteiger partial charge in [-0.2, -0.15) is 13.2 Å². The second-order valence-corrected chi connectivity index (χ2v) is 3.81. The van der Waals surface area contributed by atoms with Crippen LogP contribution in [-0.4, -0.2) is 25.3 Å². The maximum absolute atomic E-state index is 11.8. The van der Waals surface area contributed by atoms with Crippen LogP contribution >= 0.6 is 0 Å². The van der Waals surface area contributed by atoms with Crippen molar-refractivity contribution in [2.45, 2.75) is 19.0 Å². The summed E-state index contributed by atoms with van der Waals surface area (Å²) in [6.07, 6.45) is -2.91. The quantitative estimate of drug-likeness (QED) is 0.785. The molecule has 0 heterocycles. The lowest BCUT2D eigenvalue weighted by atomic mass is 10.1. The van der Waals surface area contributed by atoms with Crippen LogP contribution < -0.4 is 10.6 Å². The van der Waals surface area contributed by atoms with E-state index in [4.69, 9.17) is 0 Å². The number of amides is 2. The van der Waals surface area contributed by atoms with Crippen LogP contribution in [0.15, 0.2) is 30.3 Å². The number of carbonyl (C=O) groups excluding carboxylic acids is 1. The normalized spacial score (nSPS) is 11.1. The molecule has 2 N–H and O–H groups in total. The van der Waals surface area contributed by atoms with Gasteiger partial charge in [0.2, 0.25) is 0 Å². The molecule has 0 unspecified atom stereocenters. The number of aryl methyl sites for hydroxylation is 1. The third-order valence-electron chi connectivity index (χ3n) is 2.22. The van der Waals surface area contributed by atoms with E-state index in [-0.39, 0.29) is 0 Å². The van der Waals surface area contributed by atoms with Crippen molar-refractivity contribution in [3.8, 4) is 0 Å². The summed E-state index contributed by atoms with van der Waals surface area (Å²) < 4.78 is 35.3. The number of hydrogen-bond acceptors (Lipinski definition) is 1. The smallest absolute Gasteiger partial charge is 0.338 e. The molecule has 0 atom stereocenters. The molecule has 18 heavy (non-hydrogen) atoms. The van der Waals surface area contributed by atoms with Gasteiger partial charge < -0.3 is 10.6 Å². The molecule has 0 aromatic heterocycles. The molecule has 0 fully saturated rings. The van der Waals surface area contributed by atoms with Crippen molar-refractivity contribution in [2.24, 2.45) is 0 Å². The van der Waals surface area contributed by atoms with Gasteiger partial charge in [-0.25, -0.2) is 4.79 Å². The highest BCUT2D eigenvalue weighted by molar-refractivity contribution is 5.73. The Kier molecular flexibility index (Phi) is 5.48. The average molecular weight is 260 g/mol. The monoisotopic (exact) mass is 260 g/mol. The number of benzene rings is 1. The molecule has 6 heteroatoms. The number of carbonyl (C=O) groups is 1. The lowest BCUT2D eigenvalue weighted by molar-refractivity contribution is -0.122. The minimum Gasteiger partial charge on any atom is -0.338 e. The fraction of sp³-hybridized carbons (Fsp3) is 0.417. The molecule has 0 aliphatic heterocycles. The largest absolute Gasteiger partial charge is 0.405 e. The van der Waals surface area contributed by atoms with Crippen molar-refractivity contribution in [1.82, 2.24) is 10.6 Å². The Hall–Kier alpha value is -1.72. The SMILES string of the molecule is O=C(NCCCc1ccccc1)NCC(F)(F)F. The predicted molar refractivity (Wildman–Crippen MR) is 62.2 cm³/mol. The Labute approximate surface area is 103 Å². The van der Waals surface area contributed by atoms with E-state index in [2.05, 4.69) is 5.32 Å². The van der Waals surface area contributed by atoms with Gasteiger partial charge in [0.15, 0.2) is 0 Å². The third kappa shape index (κ3) is 6.78. The van der Waals surface area contributed by atoms with Crippen molar-refractivity contribution < 1.29 is 18.0 Å². The lowest BCUT2D eigenvalue weighted by Gasteiger charge is -2.09. The zero-order valence-electron chi connectivity index (χ0n) is 9.76. The first-order valence-corrected chi connectivity index (χ1v) is 5.60. The molecule has 0 radical (unpaired) electrons. The molecule has 0 saturated heterocycles. The van der Waals surface area contributed by atoms with Gasteiger partial charge in [-0.3, -0.25) is 0 Å². The van der Waals surface area contributed by atoms with Crippen molar-refractivity contribution in [1.29, 1.82) is 0 Å². The van der Waals surface area contributed by atoms with Crippen molar-refractivity contribution >= 4 is 6.03 Å². The zero-order chi connectivity index (χ0) is 13.4. The van der Waals surface area contributed by atoms with Gasteiger partial charge in [-0.05, 0) is 18.4 Å². The molecule has 1 rings (SSSR count). The van der Waals surface area contributed by atoms with Crippen LogP contribution in [0.2, 0.25) is 0 Å². The minimum absolute atomic E-state index is 0.346. The number of urea groups is 1. The first kappa shape index (κ1) is 14.3. The van der Waals surface area contributed by atoms with E-state index in [1.165, 1.54) is 0 Å². The van der Waals surface area contributed by atoms with Crippen molar-refractivity contribution in [3.05, 3.63) is 35.9 Å². The Morgan fingerprint density at radius 2 is 1.78 bits per heavy atom. The molecular weight excluding hydrogens is 245 g/mol. The van der Waals surface area contributed by atoms with Crippen molar-refractivity contribution in [3.63, 3.8) is 0 Å². The molecular formula is C12H15F3N2O. The van der Waals surface area contributed by atoms with E-state index in [1.54, 1.807) is 5.32 Å². The summed E-state index contributed by atoms with van der Waals surface area (Å²) in [5.41, 5.74) is 1.13. The molecule has 2 amide bonds. The third-order valence-corrected chi connectivity index (χ3v) is 2.22. The molecule has 0 aliphatic carbocycles. The maximum Gasteiger partial charge on any atom is 0.405 e. The number of halogens is 3. The first-order chi connectivity index (χ1) is 8.47. The zero-order valence-corrected chi connectivity index (χ0v) is 9.76. The van der Waals surface area contributed by atoms with E-state index in [0.717, 1.165) is 12.0 Å². The van der Waals surface area contributed by atoms with Crippen LogP contribution in [0, 0.1) is 0 Å². The summed E-state index contributed by atoms with van der Waals surface area (Å²) in [5, 5.41) is 4.12. The Morgan fingerprint density at radius 3 is 2.39 bits per heavy atom. The molecule has 100 valence electrons. The lowest BCUT2D eigenvalue weighted by Crippen LogP contribution is -2.41. The first-order valence-electron chi connectivity index (χ1n) is 5.60. The summed E-state index contributed by atoms with van der Waals surface area (Å²) in [4.78, 5) is 11.0. The number of alkyl halides is 3. The second-order valence-electron chi connectivity index (χ2n) is 3.81. The number of hydrogen-bond donors (Lipinski definition) is 2. The Balaban J connectivity index is 2.09. The van der Waals surface area contributed by atoms with Crippen LogP contribution in [0.5, 0.6) is 0 Å². The van der Waals surface area contributed by atoms with Gasteiger partial charge in [0.1, 0.15) is 6.54 Å². The average Bonchev–Trinajstić information content (AvgIpc) is 2.33. The number of rotatable bonds is 5. The molecule has 0 saturated carbocycles. The van der Waals surface area contributed by atoms with Gasteiger partial charge in [0.25, 0.3) is 0 Å². The van der Waals surface area contributed by atoms with Crippen LogP contribution in [0.3, 0.4) is 0 Å². The predicted octanol–water partition coefficient (Wildman–Crippen LogP) is 2.48. The van der Waals surface area contributed by atoms with Crippen LogP contribution in [0.1, 0.15) is 12.0 Å². The number of nitrogens with one attached hydrogen (secondary N) is 2. The minimum atomic E-state index is -4.37. The topological polar surface area (TPSA) is 41.1 Å². The molecule has 1 aromatic rings. The summed E-state index contributed by atoms with van der Waals surface area (Å²) in [5.74, 6) is 0. The highest BCUT2D eigenvalue weighted by Crippen LogP contribution is 2.11. The molecule has 1 aromatic carbocycles. The van der Waals surface area contributed by atoms with Gasteiger partial charge in [0, 0.05) is 6.54 Å². The fourth-order valence-electron chi connectivity index (χ4n) is 1.38. The van der Waals surface area contributed by atoms with Gasteiger partial charge in [-0.1, -0.05) is 30.3 Å². The van der Waals surface area contributed by atoms with E-state index < -0.39 is 18.8 Å². The highest BCUT2D eigenvalue weighted by Gasteiger charge is 2.27. The van der Waals surface area contributed by atoms with Crippen molar-refractivity contribution in [2.75, 3.05) is 13.1 Å². The van der Waals surface area contributed by atoms with Crippen LogP contribution in [-0.2, 0) is 6.42 Å². The van der Waals surface area contributed by atoms with Gasteiger partial charge >= 0.3 is 12.2 Å². The fourth-order valence-corrected chi connectivity index (χ4v) is 1.38. The molecule has 3 nitrogen and oxygen atoms in total.